The normalized spacial score (nSPS) is 34.6. The molecule has 0 aromatic heterocycles. The summed E-state index contributed by atoms with van der Waals surface area (Å²) in [6.45, 7) is 4.12. The van der Waals surface area contributed by atoms with Crippen molar-refractivity contribution < 1.29 is 13.5 Å². The molecule has 2 bridgehead atoms. The van der Waals surface area contributed by atoms with Crippen LogP contribution in [0.3, 0.4) is 0 Å². The first-order valence-corrected chi connectivity index (χ1v) is 9.43. The Morgan fingerprint density at radius 3 is 2.19 bits per heavy atom. The smallest absolute Gasteiger partial charge is 0.156 e. The summed E-state index contributed by atoms with van der Waals surface area (Å²) in [5, 5.41) is 10.4. The molecule has 2 saturated heterocycles. The van der Waals surface area contributed by atoms with Crippen LogP contribution < -0.4 is 0 Å². The van der Waals surface area contributed by atoms with Gasteiger partial charge < -0.3 is 5.11 Å². The van der Waals surface area contributed by atoms with Crippen LogP contribution in [0, 0.1) is 13.8 Å². The Kier molecular flexibility index (Phi) is 3.65. The molecular weight excluding hydrogens is 284 g/mol. The van der Waals surface area contributed by atoms with E-state index in [2.05, 4.69) is 26.0 Å². The summed E-state index contributed by atoms with van der Waals surface area (Å²) in [5.74, 6) is 0. The van der Waals surface area contributed by atoms with Crippen LogP contribution >= 0.6 is 0 Å². The monoisotopic (exact) mass is 308 g/mol. The largest absolute Gasteiger partial charge is 0.389 e. The van der Waals surface area contributed by atoms with Crippen LogP contribution in [-0.2, 0) is 16.3 Å². The van der Waals surface area contributed by atoms with E-state index in [4.69, 9.17) is 0 Å². The summed E-state index contributed by atoms with van der Waals surface area (Å²) in [7, 11) is -3.01. The van der Waals surface area contributed by atoms with Crippen molar-refractivity contribution in [2.24, 2.45) is 0 Å². The van der Waals surface area contributed by atoms with Crippen LogP contribution in [-0.4, -0.2) is 29.6 Å². The molecule has 2 aliphatic rings. The molecule has 0 radical (unpaired) electrons. The van der Waals surface area contributed by atoms with Crippen LogP contribution in [0.1, 0.15) is 48.8 Å². The molecule has 2 atom stereocenters. The molecule has 4 heteroatoms. The Bertz CT molecular complexity index is 608. The molecule has 0 amide bonds. The van der Waals surface area contributed by atoms with E-state index in [1.807, 2.05) is 6.07 Å². The summed E-state index contributed by atoms with van der Waals surface area (Å²) in [5.41, 5.74) is 2.68. The number of hydrogen-bond acceptors (Lipinski definition) is 3. The SMILES string of the molecule is Cc1cccc(C)c1CC1(O)CC2CCCC(C1)S2(=O)=O. The number of rotatable bonds is 2. The summed E-state index contributed by atoms with van der Waals surface area (Å²) in [6, 6.07) is 6.15. The fourth-order valence-electron chi connectivity index (χ4n) is 4.14. The van der Waals surface area contributed by atoms with Gasteiger partial charge in [0.1, 0.15) is 0 Å². The van der Waals surface area contributed by atoms with E-state index >= 15 is 0 Å². The quantitative estimate of drug-likeness (QED) is 0.914. The highest BCUT2D eigenvalue weighted by Crippen LogP contribution is 2.43. The van der Waals surface area contributed by atoms with E-state index < -0.39 is 15.4 Å². The first-order valence-electron chi connectivity index (χ1n) is 7.82. The maximum atomic E-state index is 12.4. The number of benzene rings is 1. The van der Waals surface area contributed by atoms with Crippen LogP contribution in [0.15, 0.2) is 18.2 Å². The molecule has 21 heavy (non-hydrogen) atoms. The number of aliphatic hydroxyl groups is 1. The maximum absolute atomic E-state index is 12.4. The third-order valence-electron chi connectivity index (χ3n) is 5.35. The molecule has 2 fully saturated rings. The molecule has 3 rings (SSSR count). The van der Waals surface area contributed by atoms with E-state index in [1.54, 1.807) is 0 Å². The van der Waals surface area contributed by atoms with Gasteiger partial charge in [0.2, 0.25) is 0 Å². The Hall–Kier alpha value is -0.870. The third kappa shape index (κ3) is 2.64. The molecule has 116 valence electrons. The Balaban J connectivity index is 1.89. The number of fused-ring (bicyclic) bond motifs is 2. The lowest BCUT2D eigenvalue weighted by molar-refractivity contribution is 0.00963. The zero-order chi connectivity index (χ0) is 15.3. The van der Waals surface area contributed by atoms with Crippen molar-refractivity contribution in [3.63, 3.8) is 0 Å². The average Bonchev–Trinajstić information content (AvgIpc) is 2.37. The summed E-state index contributed by atoms with van der Waals surface area (Å²) >= 11 is 0. The second-order valence-corrected chi connectivity index (χ2v) is 9.46. The molecule has 0 saturated carbocycles. The van der Waals surface area contributed by atoms with E-state index in [-0.39, 0.29) is 10.5 Å². The third-order valence-corrected chi connectivity index (χ3v) is 8.01. The number of aryl methyl sites for hydroxylation is 2. The molecule has 0 aliphatic carbocycles. The zero-order valence-corrected chi connectivity index (χ0v) is 13.6. The Morgan fingerprint density at radius 1 is 1.14 bits per heavy atom. The second kappa shape index (κ2) is 5.10. The molecule has 3 nitrogen and oxygen atoms in total. The maximum Gasteiger partial charge on any atom is 0.156 e. The topological polar surface area (TPSA) is 54.4 Å². The first-order chi connectivity index (χ1) is 9.82. The van der Waals surface area contributed by atoms with Gasteiger partial charge in [-0.3, -0.25) is 0 Å². The summed E-state index contributed by atoms with van der Waals surface area (Å²) in [6.07, 6.45) is 3.79. The molecular formula is C17H24O3S. The van der Waals surface area contributed by atoms with Gasteiger partial charge in [0.15, 0.2) is 9.84 Å². The summed E-state index contributed by atoms with van der Waals surface area (Å²) < 4.78 is 24.7. The van der Waals surface area contributed by atoms with Crippen molar-refractivity contribution in [3.8, 4) is 0 Å². The van der Waals surface area contributed by atoms with Gasteiger partial charge in [-0.05, 0) is 56.2 Å². The standard InChI is InChI=1S/C17H24O3S/c1-12-5-3-6-13(2)16(12)11-17(18)9-14-7-4-8-15(10-17)21(14,19)20/h3,5-6,14-15,18H,4,7-11H2,1-2H3. The molecule has 1 aromatic carbocycles. The highest BCUT2D eigenvalue weighted by Gasteiger charge is 2.50. The van der Waals surface area contributed by atoms with Gasteiger partial charge in [-0.1, -0.05) is 24.6 Å². The van der Waals surface area contributed by atoms with Gasteiger partial charge >= 0.3 is 0 Å². The van der Waals surface area contributed by atoms with Crippen LogP contribution in [0.25, 0.3) is 0 Å². The predicted molar refractivity (Wildman–Crippen MR) is 84.2 cm³/mol. The lowest BCUT2D eigenvalue weighted by Gasteiger charge is -2.44. The van der Waals surface area contributed by atoms with E-state index in [0.29, 0.717) is 32.1 Å². The minimum absolute atomic E-state index is 0.334. The fourth-order valence-corrected chi connectivity index (χ4v) is 6.76. The Labute approximate surface area is 127 Å². The lowest BCUT2D eigenvalue weighted by Crippen LogP contribution is -2.52. The van der Waals surface area contributed by atoms with E-state index in [0.717, 1.165) is 6.42 Å². The molecule has 2 unspecified atom stereocenters. The molecule has 2 aliphatic heterocycles. The van der Waals surface area contributed by atoms with Crippen LogP contribution in [0.5, 0.6) is 0 Å². The van der Waals surface area contributed by atoms with Gasteiger partial charge in [0, 0.05) is 6.42 Å². The first kappa shape index (κ1) is 15.0. The predicted octanol–water partition coefficient (Wildman–Crippen LogP) is 2.71. The second-order valence-electron chi connectivity index (χ2n) is 6.94. The average molecular weight is 308 g/mol. The number of sulfone groups is 1. The lowest BCUT2D eigenvalue weighted by atomic mass is 9.79. The van der Waals surface area contributed by atoms with Gasteiger partial charge in [-0.15, -0.1) is 0 Å². The van der Waals surface area contributed by atoms with Gasteiger partial charge in [0.25, 0.3) is 0 Å². The van der Waals surface area contributed by atoms with Crippen LogP contribution in [0.2, 0.25) is 0 Å². The fraction of sp³-hybridized carbons (Fsp3) is 0.647. The summed E-state index contributed by atoms with van der Waals surface area (Å²) in [4.78, 5) is 0. The van der Waals surface area contributed by atoms with Gasteiger partial charge in [-0.25, -0.2) is 8.42 Å². The Morgan fingerprint density at radius 2 is 1.67 bits per heavy atom. The minimum atomic E-state index is -3.01. The van der Waals surface area contributed by atoms with Crippen molar-refractivity contribution in [1.82, 2.24) is 0 Å². The highest BCUT2D eigenvalue weighted by molar-refractivity contribution is 7.92. The molecule has 1 aromatic rings. The van der Waals surface area contributed by atoms with Crippen molar-refractivity contribution in [2.75, 3.05) is 0 Å². The number of hydrogen-bond donors (Lipinski definition) is 1. The van der Waals surface area contributed by atoms with Crippen molar-refractivity contribution in [1.29, 1.82) is 0 Å². The van der Waals surface area contributed by atoms with Crippen molar-refractivity contribution in [3.05, 3.63) is 34.9 Å². The van der Waals surface area contributed by atoms with Crippen molar-refractivity contribution in [2.45, 2.75) is 68.5 Å². The van der Waals surface area contributed by atoms with E-state index in [9.17, 15) is 13.5 Å². The molecule has 2 heterocycles. The van der Waals surface area contributed by atoms with E-state index in [1.165, 1.54) is 16.7 Å². The molecule has 1 N–H and O–H groups in total. The van der Waals surface area contributed by atoms with Gasteiger partial charge in [0.05, 0.1) is 16.1 Å². The zero-order valence-electron chi connectivity index (χ0n) is 12.8. The molecule has 0 spiro atoms. The minimum Gasteiger partial charge on any atom is -0.389 e. The highest BCUT2D eigenvalue weighted by atomic mass is 32.2. The van der Waals surface area contributed by atoms with Crippen LogP contribution in [0.4, 0.5) is 0 Å². The van der Waals surface area contributed by atoms with Crippen molar-refractivity contribution >= 4 is 9.84 Å². The van der Waals surface area contributed by atoms with Gasteiger partial charge in [-0.2, -0.15) is 0 Å².